The first-order valence-electron chi connectivity index (χ1n) is 9.71. The highest BCUT2D eigenvalue weighted by Crippen LogP contribution is 2.25. The molecule has 6 heteroatoms. The first-order valence-corrected chi connectivity index (χ1v) is 9.71. The minimum atomic E-state index is -0.263. The van der Waals surface area contributed by atoms with Gasteiger partial charge in [-0.05, 0) is 61.2 Å². The first-order chi connectivity index (χ1) is 14.5. The van der Waals surface area contributed by atoms with Gasteiger partial charge < -0.3 is 15.4 Å². The second-order valence-corrected chi connectivity index (χ2v) is 7.07. The van der Waals surface area contributed by atoms with E-state index in [0.29, 0.717) is 11.3 Å². The molecule has 0 aliphatic rings. The summed E-state index contributed by atoms with van der Waals surface area (Å²) in [5, 5.41) is 5.72. The van der Waals surface area contributed by atoms with E-state index < -0.39 is 0 Å². The Morgan fingerprint density at radius 3 is 2.50 bits per heavy atom. The molecule has 2 N–H and O–H groups in total. The molecule has 1 heterocycles. The van der Waals surface area contributed by atoms with Crippen molar-refractivity contribution in [2.45, 2.75) is 27.3 Å². The van der Waals surface area contributed by atoms with Crippen LogP contribution in [0.4, 0.5) is 5.69 Å². The molecule has 0 aliphatic heterocycles. The molecule has 3 rings (SSSR count). The average Bonchev–Trinajstić information content (AvgIpc) is 2.76. The maximum absolute atomic E-state index is 12.5. The molecule has 30 heavy (non-hydrogen) atoms. The summed E-state index contributed by atoms with van der Waals surface area (Å²) in [7, 11) is 0. The monoisotopic (exact) mass is 403 g/mol. The van der Waals surface area contributed by atoms with Crippen LogP contribution in [-0.2, 0) is 11.3 Å². The summed E-state index contributed by atoms with van der Waals surface area (Å²) < 4.78 is 5.79. The highest BCUT2D eigenvalue weighted by Gasteiger charge is 2.12. The number of anilines is 1. The first kappa shape index (κ1) is 21.0. The van der Waals surface area contributed by atoms with E-state index in [4.69, 9.17) is 4.74 Å². The number of carbonyl (C=O) groups is 2. The summed E-state index contributed by atoms with van der Waals surface area (Å²) in [6.07, 6.45) is 3.12. The Kier molecular flexibility index (Phi) is 6.80. The van der Waals surface area contributed by atoms with Crippen LogP contribution in [0.25, 0.3) is 0 Å². The lowest BCUT2D eigenvalue weighted by atomic mass is 10.1. The molecule has 0 fully saturated rings. The number of nitrogens with zero attached hydrogens (tertiary/aromatic N) is 1. The zero-order chi connectivity index (χ0) is 21.5. The number of para-hydroxylation sites is 1. The Morgan fingerprint density at radius 2 is 1.73 bits per heavy atom. The van der Waals surface area contributed by atoms with Crippen molar-refractivity contribution in [3.8, 4) is 5.75 Å². The Hall–Kier alpha value is -3.67. The van der Waals surface area contributed by atoms with Crippen molar-refractivity contribution >= 4 is 17.5 Å². The largest absolute Gasteiger partial charge is 0.483 e. The van der Waals surface area contributed by atoms with E-state index in [2.05, 4.69) is 15.6 Å². The molecule has 0 bridgehead atoms. The fourth-order valence-corrected chi connectivity index (χ4v) is 3.04. The van der Waals surface area contributed by atoms with E-state index in [-0.39, 0.29) is 25.0 Å². The molecule has 0 spiro atoms. The van der Waals surface area contributed by atoms with Gasteiger partial charge in [0, 0.05) is 24.6 Å². The number of hydrogen-bond acceptors (Lipinski definition) is 4. The highest BCUT2D eigenvalue weighted by molar-refractivity contribution is 5.94. The summed E-state index contributed by atoms with van der Waals surface area (Å²) in [5.41, 5.74) is 5.05. The van der Waals surface area contributed by atoms with Gasteiger partial charge in [0.25, 0.3) is 11.8 Å². The number of hydrogen-bond donors (Lipinski definition) is 2. The minimum absolute atomic E-state index is 0.0957. The second-order valence-electron chi connectivity index (χ2n) is 7.07. The van der Waals surface area contributed by atoms with E-state index >= 15 is 0 Å². The van der Waals surface area contributed by atoms with Gasteiger partial charge in [-0.15, -0.1) is 0 Å². The Morgan fingerprint density at radius 1 is 0.967 bits per heavy atom. The van der Waals surface area contributed by atoms with Crippen LogP contribution in [0.15, 0.2) is 60.9 Å². The molecule has 2 aromatic carbocycles. The predicted molar refractivity (Wildman–Crippen MR) is 117 cm³/mol. The van der Waals surface area contributed by atoms with Gasteiger partial charge in [0.15, 0.2) is 6.61 Å². The summed E-state index contributed by atoms with van der Waals surface area (Å²) >= 11 is 0. The van der Waals surface area contributed by atoms with Gasteiger partial charge in [-0.2, -0.15) is 0 Å². The minimum Gasteiger partial charge on any atom is -0.483 e. The zero-order valence-electron chi connectivity index (χ0n) is 17.4. The maximum atomic E-state index is 12.5. The number of rotatable bonds is 7. The Bertz CT molecular complexity index is 1050. The number of ether oxygens (including phenoxy) is 1. The topological polar surface area (TPSA) is 80.3 Å². The second kappa shape index (κ2) is 9.69. The van der Waals surface area contributed by atoms with Crippen LogP contribution < -0.4 is 15.4 Å². The summed E-state index contributed by atoms with van der Waals surface area (Å²) in [5.74, 6) is 0.251. The summed E-state index contributed by atoms with van der Waals surface area (Å²) in [6.45, 7) is 6.14. The molecule has 2 amide bonds. The maximum Gasteiger partial charge on any atom is 0.262 e. The van der Waals surface area contributed by atoms with Crippen LogP contribution in [0.5, 0.6) is 5.75 Å². The van der Waals surface area contributed by atoms with Crippen LogP contribution in [0, 0.1) is 20.8 Å². The Labute approximate surface area is 176 Å². The molecular formula is C24H25N3O3. The lowest BCUT2D eigenvalue weighted by molar-refractivity contribution is -0.118. The molecule has 0 unspecified atom stereocenters. The molecule has 3 aromatic rings. The normalized spacial score (nSPS) is 10.4. The quantitative estimate of drug-likeness (QED) is 0.626. The number of benzene rings is 2. The summed E-state index contributed by atoms with van der Waals surface area (Å²) in [4.78, 5) is 28.7. The molecule has 0 atom stereocenters. The third-order valence-corrected chi connectivity index (χ3v) is 4.88. The number of nitrogens with one attached hydrogen (secondary N) is 2. The van der Waals surface area contributed by atoms with Crippen molar-refractivity contribution in [3.05, 3.63) is 88.7 Å². The summed E-state index contributed by atoms with van der Waals surface area (Å²) in [6, 6.07) is 14.8. The van der Waals surface area contributed by atoms with Crippen LogP contribution in [-0.4, -0.2) is 23.4 Å². The van der Waals surface area contributed by atoms with Crippen LogP contribution in [0.1, 0.15) is 32.6 Å². The lowest BCUT2D eigenvalue weighted by Gasteiger charge is -2.15. The molecule has 0 aliphatic carbocycles. The molecule has 154 valence electrons. The number of aromatic nitrogens is 1. The lowest BCUT2D eigenvalue weighted by Crippen LogP contribution is -2.25. The van der Waals surface area contributed by atoms with Crippen molar-refractivity contribution in [1.29, 1.82) is 0 Å². The van der Waals surface area contributed by atoms with E-state index in [9.17, 15) is 9.59 Å². The van der Waals surface area contributed by atoms with Crippen LogP contribution in [0.2, 0.25) is 0 Å². The van der Waals surface area contributed by atoms with Gasteiger partial charge in [-0.1, -0.05) is 30.3 Å². The third kappa shape index (κ3) is 5.23. The average molecular weight is 403 g/mol. The SMILES string of the molecule is Cc1ccc(C)c(OCC(=O)Nc2ccccc2CNC(=O)c2cccnc2)c1C. The van der Waals surface area contributed by atoms with Gasteiger partial charge in [-0.3, -0.25) is 14.6 Å². The zero-order valence-corrected chi connectivity index (χ0v) is 17.4. The third-order valence-electron chi connectivity index (χ3n) is 4.88. The molecule has 0 saturated heterocycles. The number of carbonyl (C=O) groups excluding carboxylic acids is 2. The van der Waals surface area contributed by atoms with Crippen molar-refractivity contribution in [2.75, 3.05) is 11.9 Å². The molecule has 1 aromatic heterocycles. The van der Waals surface area contributed by atoms with E-state index in [1.54, 1.807) is 24.4 Å². The molecule has 0 radical (unpaired) electrons. The van der Waals surface area contributed by atoms with Crippen molar-refractivity contribution in [1.82, 2.24) is 10.3 Å². The van der Waals surface area contributed by atoms with Crippen LogP contribution >= 0.6 is 0 Å². The molecular weight excluding hydrogens is 378 g/mol. The van der Waals surface area contributed by atoms with E-state index in [1.165, 1.54) is 6.20 Å². The van der Waals surface area contributed by atoms with Gasteiger partial charge in [-0.25, -0.2) is 0 Å². The standard InChI is InChI=1S/C24H25N3O3/c1-16-10-11-17(2)23(18(16)3)30-15-22(28)27-21-9-5-4-7-19(21)14-26-24(29)20-8-6-12-25-13-20/h4-13H,14-15H2,1-3H3,(H,26,29)(H,27,28). The predicted octanol–water partition coefficient (Wildman–Crippen LogP) is 3.95. The Balaban J connectivity index is 1.61. The van der Waals surface area contributed by atoms with Crippen molar-refractivity contribution in [2.24, 2.45) is 0 Å². The fraction of sp³-hybridized carbons (Fsp3) is 0.208. The van der Waals surface area contributed by atoms with E-state index in [1.807, 2.05) is 51.1 Å². The van der Waals surface area contributed by atoms with Gasteiger partial charge in [0.05, 0.1) is 5.56 Å². The van der Waals surface area contributed by atoms with Gasteiger partial charge in [0.1, 0.15) is 5.75 Å². The van der Waals surface area contributed by atoms with Gasteiger partial charge >= 0.3 is 0 Å². The van der Waals surface area contributed by atoms with Crippen molar-refractivity contribution in [3.63, 3.8) is 0 Å². The van der Waals surface area contributed by atoms with Crippen LogP contribution in [0.3, 0.4) is 0 Å². The molecule has 6 nitrogen and oxygen atoms in total. The highest BCUT2D eigenvalue weighted by atomic mass is 16.5. The number of aryl methyl sites for hydroxylation is 2. The number of pyridine rings is 1. The fourth-order valence-electron chi connectivity index (χ4n) is 3.04. The molecule has 0 saturated carbocycles. The number of amides is 2. The van der Waals surface area contributed by atoms with E-state index in [0.717, 1.165) is 28.0 Å². The smallest absolute Gasteiger partial charge is 0.262 e. The van der Waals surface area contributed by atoms with Crippen molar-refractivity contribution < 1.29 is 14.3 Å². The van der Waals surface area contributed by atoms with Gasteiger partial charge in [0.2, 0.25) is 0 Å².